The SMILES string of the molecule is Nc1nc(C(=O)O)c(Cc2ccc(I)cc2)s1. The third-order valence-corrected chi connectivity index (χ3v) is 3.80. The Kier molecular flexibility index (Phi) is 3.63. The molecule has 0 unspecified atom stereocenters. The standard InChI is InChI=1S/C11H9IN2O2S/c12-7-3-1-6(2-4-7)5-8-9(10(15)16)14-11(13)17-8/h1-4H,5H2,(H2,13,14)(H,15,16). The zero-order valence-electron chi connectivity index (χ0n) is 8.68. The summed E-state index contributed by atoms with van der Waals surface area (Å²) in [5, 5.41) is 9.28. The van der Waals surface area contributed by atoms with Gasteiger partial charge in [-0.1, -0.05) is 12.1 Å². The fourth-order valence-electron chi connectivity index (χ4n) is 1.44. The first-order valence-electron chi connectivity index (χ1n) is 4.79. The fraction of sp³-hybridized carbons (Fsp3) is 0.0909. The molecule has 0 aliphatic rings. The minimum Gasteiger partial charge on any atom is -0.476 e. The van der Waals surface area contributed by atoms with E-state index in [9.17, 15) is 4.79 Å². The van der Waals surface area contributed by atoms with E-state index in [4.69, 9.17) is 10.8 Å². The van der Waals surface area contributed by atoms with E-state index in [1.165, 1.54) is 11.3 Å². The average Bonchev–Trinajstić information content (AvgIpc) is 2.63. The highest BCUT2D eigenvalue weighted by atomic mass is 127. The molecule has 3 N–H and O–H groups in total. The summed E-state index contributed by atoms with van der Waals surface area (Å²) in [7, 11) is 0. The van der Waals surface area contributed by atoms with E-state index in [-0.39, 0.29) is 5.69 Å². The van der Waals surface area contributed by atoms with Crippen LogP contribution in [0, 0.1) is 3.57 Å². The van der Waals surface area contributed by atoms with E-state index >= 15 is 0 Å². The first kappa shape index (κ1) is 12.3. The van der Waals surface area contributed by atoms with Crippen LogP contribution in [0.2, 0.25) is 0 Å². The maximum atomic E-state index is 11.0. The van der Waals surface area contributed by atoms with Gasteiger partial charge in [-0.2, -0.15) is 0 Å². The summed E-state index contributed by atoms with van der Waals surface area (Å²) in [6.07, 6.45) is 0.549. The van der Waals surface area contributed by atoms with Gasteiger partial charge < -0.3 is 10.8 Å². The van der Waals surface area contributed by atoms with Crippen molar-refractivity contribution >= 4 is 45.0 Å². The number of nitrogens with two attached hydrogens (primary N) is 1. The van der Waals surface area contributed by atoms with E-state index in [1.807, 2.05) is 24.3 Å². The van der Waals surface area contributed by atoms with Crippen LogP contribution in [0.3, 0.4) is 0 Å². The second-order valence-electron chi connectivity index (χ2n) is 3.43. The molecule has 0 atom stereocenters. The van der Waals surface area contributed by atoms with Crippen molar-refractivity contribution in [3.05, 3.63) is 44.0 Å². The lowest BCUT2D eigenvalue weighted by atomic mass is 10.1. The molecule has 0 radical (unpaired) electrons. The fourth-order valence-corrected chi connectivity index (χ4v) is 2.66. The first-order chi connectivity index (χ1) is 8.06. The predicted molar refractivity (Wildman–Crippen MR) is 75.5 cm³/mol. The van der Waals surface area contributed by atoms with Crippen LogP contribution in [0.25, 0.3) is 0 Å². The normalized spacial score (nSPS) is 10.4. The molecule has 0 spiro atoms. The van der Waals surface area contributed by atoms with Crippen LogP contribution in [-0.4, -0.2) is 16.1 Å². The Bertz CT molecular complexity index is 551. The van der Waals surface area contributed by atoms with Crippen molar-refractivity contribution in [3.8, 4) is 0 Å². The molecule has 2 aromatic rings. The van der Waals surface area contributed by atoms with Crippen LogP contribution in [-0.2, 0) is 6.42 Å². The number of rotatable bonds is 3. The Morgan fingerprint density at radius 3 is 2.65 bits per heavy atom. The second kappa shape index (κ2) is 5.01. The molecule has 1 heterocycles. The molecule has 0 bridgehead atoms. The first-order valence-corrected chi connectivity index (χ1v) is 6.68. The average molecular weight is 360 g/mol. The number of carbonyl (C=O) groups is 1. The smallest absolute Gasteiger partial charge is 0.355 e. The topological polar surface area (TPSA) is 76.2 Å². The van der Waals surface area contributed by atoms with Crippen LogP contribution in [0.15, 0.2) is 24.3 Å². The summed E-state index contributed by atoms with van der Waals surface area (Å²) >= 11 is 3.45. The minimum absolute atomic E-state index is 0.0612. The lowest BCUT2D eigenvalue weighted by molar-refractivity contribution is 0.0690. The molecule has 1 aromatic heterocycles. The van der Waals surface area contributed by atoms with E-state index in [1.54, 1.807) is 0 Å². The monoisotopic (exact) mass is 360 g/mol. The van der Waals surface area contributed by atoms with Gasteiger partial charge in [-0.3, -0.25) is 0 Å². The molecule has 0 fully saturated rings. The van der Waals surface area contributed by atoms with Crippen molar-refractivity contribution in [2.24, 2.45) is 0 Å². The van der Waals surface area contributed by atoms with Crippen molar-refractivity contribution in [2.45, 2.75) is 6.42 Å². The van der Waals surface area contributed by atoms with Crippen molar-refractivity contribution in [1.29, 1.82) is 0 Å². The number of nitrogens with zero attached hydrogens (tertiary/aromatic N) is 1. The number of nitrogen functional groups attached to an aromatic ring is 1. The minimum atomic E-state index is -1.03. The van der Waals surface area contributed by atoms with Crippen molar-refractivity contribution in [3.63, 3.8) is 0 Å². The maximum Gasteiger partial charge on any atom is 0.355 e. The quantitative estimate of drug-likeness (QED) is 0.826. The van der Waals surface area contributed by atoms with E-state index in [0.717, 1.165) is 9.13 Å². The molecule has 4 nitrogen and oxygen atoms in total. The summed E-state index contributed by atoms with van der Waals surface area (Å²) in [6.45, 7) is 0. The third-order valence-electron chi connectivity index (χ3n) is 2.19. The molecule has 1 aromatic carbocycles. The highest BCUT2D eigenvalue weighted by molar-refractivity contribution is 14.1. The zero-order valence-corrected chi connectivity index (χ0v) is 11.7. The molecule has 0 saturated carbocycles. The Balaban J connectivity index is 2.29. The third kappa shape index (κ3) is 2.95. The van der Waals surface area contributed by atoms with Gasteiger partial charge in [0.1, 0.15) is 0 Å². The largest absolute Gasteiger partial charge is 0.476 e. The number of aromatic carboxylic acids is 1. The van der Waals surface area contributed by atoms with Crippen LogP contribution in [0.4, 0.5) is 5.13 Å². The lowest BCUT2D eigenvalue weighted by Crippen LogP contribution is -2.01. The molecule has 0 amide bonds. The predicted octanol–water partition coefficient (Wildman–Crippen LogP) is 2.62. The highest BCUT2D eigenvalue weighted by Gasteiger charge is 2.16. The lowest BCUT2D eigenvalue weighted by Gasteiger charge is -2.00. The summed E-state index contributed by atoms with van der Waals surface area (Å²) in [5.74, 6) is -1.03. The van der Waals surface area contributed by atoms with Gasteiger partial charge in [0.05, 0.1) is 0 Å². The Morgan fingerprint density at radius 2 is 2.06 bits per heavy atom. The van der Waals surface area contributed by atoms with Gasteiger partial charge >= 0.3 is 5.97 Å². The molecule has 0 saturated heterocycles. The van der Waals surface area contributed by atoms with Crippen molar-refractivity contribution < 1.29 is 9.90 Å². The highest BCUT2D eigenvalue weighted by Crippen LogP contribution is 2.23. The van der Waals surface area contributed by atoms with Crippen LogP contribution in [0.1, 0.15) is 20.9 Å². The van der Waals surface area contributed by atoms with Crippen LogP contribution < -0.4 is 5.73 Å². The molecule has 17 heavy (non-hydrogen) atoms. The van der Waals surface area contributed by atoms with Crippen LogP contribution >= 0.6 is 33.9 Å². The van der Waals surface area contributed by atoms with Crippen molar-refractivity contribution in [1.82, 2.24) is 4.98 Å². The van der Waals surface area contributed by atoms with Crippen LogP contribution in [0.5, 0.6) is 0 Å². The summed E-state index contributed by atoms with van der Waals surface area (Å²) in [5.41, 5.74) is 6.65. The number of carboxylic acid groups (broad SMARTS) is 1. The van der Waals surface area contributed by atoms with Gasteiger partial charge in [-0.25, -0.2) is 9.78 Å². The van der Waals surface area contributed by atoms with Gasteiger partial charge in [0.2, 0.25) is 0 Å². The van der Waals surface area contributed by atoms with Gasteiger partial charge in [0.15, 0.2) is 10.8 Å². The maximum absolute atomic E-state index is 11.0. The second-order valence-corrected chi connectivity index (χ2v) is 5.79. The summed E-state index contributed by atoms with van der Waals surface area (Å²) in [4.78, 5) is 15.5. The van der Waals surface area contributed by atoms with Gasteiger partial charge in [0, 0.05) is 14.9 Å². The van der Waals surface area contributed by atoms with Crippen molar-refractivity contribution in [2.75, 3.05) is 5.73 Å². The number of halogens is 1. The number of benzene rings is 1. The summed E-state index contributed by atoms with van der Waals surface area (Å²) < 4.78 is 1.15. The number of thiazole rings is 1. The Hall–Kier alpha value is -1.15. The van der Waals surface area contributed by atoms with E-state index in [2.05, 4.69) is 27.6 Å². The molecule has 2 rings (SSSR count). The number of carboxylic acids is 1. The summed E-state index contributed by atoms with van der Waals surface area (Å²) in [6, 6.07) is 7.92. The van der Waals surface area contributed by atoms with Gasteiger partial charge in [0.25, 0.3) is 0 Å². The molecular formula is C11H9IN2O2S. The number of anilines is 1. The Labute approximate surface area is 116 Å². The number of hydrogen-bond acceptors (Lipinski definition) is 4. The molecule has 6 heteroatoms. The van der Waals surface area contributed by atoms with E-state index in [0.29, 0.717) is 16.4 Å². The number of aromatic nitrogens is 1. The van der Waals surface area contributed by atoms with Gasteiger partial charge in [-0.15, -0.1) is 11.3 Å². The molecule has 0 aliphatic carbocycles. The molecule has 0 aliphatic heterocycles. The van der Waals surface area contributed by atoms with Gasteiger partial charge in [-0.05, 0) is 40.3 Å². The molecular weight excluding hydrogens is 351 g/mol. The molecule has 88 valence electrons. The Morgan fingerprint density at radius 1 is 1.41 bits per heavy atom. The zero-order chi connectivity index (χ0) is 12.4. The van der Waals surface area contributed by atoms with E-state index < -0.39 is 5.97 Å². The number of hydrogen-bond donors (Lipinski definition) is 2.